The number of aryl methyl sites for hydroxylation is 1. The zero-order valence-electron chi connectivity index (χ0n) is 14.2. The number of carbonyl (C=O) groups is 1. The first-order valence-corrected chi connectivity index (χ1v) is 8.61. The topological polar surface area (TPSA) is 66.9 Å². The normalized spacial score (nSPS) is 10.5. The van der Waals surface area contributed by atoms with E-state index in [4.69, 9.17) is 23.2 Å². The highest BCUT2D eigenvalue weighted by Gasteiger charge is 2.10. The van der Waals surface area contributed by atoms with E-state index in [1.165, 1.54) is 12.4 Å². The number of amides is 1. The monoisotopic (exact) mass is 386 g/mol. The molecule has 0 aliphatic heterocycles. The van der Waals surface area contributed by atoms with E-state index in [0.717, 1.165) is 16.8 Å². The highest BCUT2D eigenvalue weighted by atomic mass is 35.5. The van der Waals surface area contributed by atoms with Crippen LogP contribution in [0.1, 0.15) is 21.5 Å². The highest BCUT2D eigenvalue weighted by molar-refractivity contribution is 6.31. The van der Waals surface area contributed by atoms with Crippen molar-refractivity contribution in [1.29, 1.82) is 0 Å². The Morgan fingerprint density at radius 3 is 2.42 bits per heavy atom. The number of nitrogens with one attached hydrogen (secondary N) is 2. The first-order chi connectivity index (χ1) is 12.4. The summed E-state index contributed by atoms with van der Waals surface area (Å²) in [6, 6.07) is 10.8. The van der Waals surface area contributed by atoms with E-state index in [1.807, 2.05) is 32.0 Å². The molecule has 0 aliphatic carbocycles. The van der Waals surface area contributed by atoms with Crippen molar-refractivity contribution in [3.05, 3.63) is 75.5 Å². The molecule has 7 heteroatoms. The minimum absolute atomic E-state index is 0.291. The van der Waals surface area contributed by atoms with Gasteiger partial charge in [-0.25, -0.2) is 9.97 Å². The molecule has 5 nitrogen and oxygen atoms in total. The van der Waals surface area contributed by atoms with Gasteiger partial charge in [-0.15, -0.1) is 0 Å². The van der Waals surface area contributed by atoms with Gasteiger partial charge in [0.1, 0.15) is 0 Å². The van der Waals surface area contributed by atoms with E-state index in [9.17, 15) is 4.79 Å². The lowest BCUT2D eigenvalue weighted by atomic mass is 10.2. The van der Waals surface area contributed by atoms with E-state index in [-0.39, 0.29) is 5.91 Å². The molecule has 3 aromatic rings. The second-order valence-electron chi connectivity index (χ2n) is 5.75. The van der Waals surface area contributed by atoms with Gasteiger partial charge in [0, 0.05) is 33.8 Å². The fourth-order valence-electron chi connectivity index (χ4n) is 2.33. The molecule has 2 aromatic carbocycles. The summed E-state index contributed by atoms with van der Waals surface area (Å²) in [5, 5.41) is 7.19. The van der Waals surface area contributed by atoms with Crippen LogP contribution < -0.4 is 10.6 Å². The standard InChI is InChI=1S/C19H16Cl2N4O/c1-11-8-14(20)6-7-16(11)24-18(26)13-9-22-19(23-10-13)25-17-5-3-4-15(21)12(17)2/h3-10H,1-2H3,(H,24,26)(H,22,23,25). The number of halogens is 2. The molecular weight excluding hydrogens is 371 g/mol. The third-order valence-electron chi connectivity index (χ3n) is 3.86. The van der Waals surface area contributed by atoms with Crippen molar-refractivity contribution in [3.8, 4) is 0 Å². The van der Waals surface area contributed by atoms with Crippen molar-refractivity contribution in [1.82, 2.24) is 9.97 Å². The number of carbonyl (C=O) groups excluding carboxylic acids is 1. The van der Waals surface area contributed by atoms with Gasteiger partial charge in [-0.2, -0.15) is 0 Å². The SMILES string of the molecule is Cc1cc(Cl)ccc1NC(=O)c1cnc(Nc2cccc(Cl)c2C)nc1. The average Bonchev–Trinajstić information content (AvgIpc) is 2.62. The molecule has 0 fully saturated rings. The summed E-state index contributed by atoms with van der Waals surface area (Å²) >= 11 is 12.0. The number of anilines is 3. The molecule has 0 radical (unpaired) electrons. The van der Waals surface area contributed by atoms with Crippen LogP contribution in [-0.4, -0.2) is 15.9 Å². The van der Waals surface area contributed by atoms with Gasteiger partial charge in [-0.05, 0) is 55.3 Å². The van der Waals surface area contributed by atoms with E-state index in [2.05, 4.69) is 20.6 Å². The van der Waals surface area contributed by atoms with Gasteiger partial charge in [-0.1, -0.05) is 29.3 Å². The number of hydrogen-bond acceptors (Lipinski definition) is 4. The molecular formula is C19H16Cl2N4O. The first-order valence-electron chi connectivity index (χ1n) is 7.86. The molecule has 1 aromatic heterocycles. The molecule has 0 spiro atoms. The predicted octanol–water partition coefficient (Wildman–Crippen LogP) is 5.40. The summed E-state index contributed by atoms with van der Waals surface area (Å²) in [6.45, 7) is 3.78. The molecule has 0 aliphatic rings. The van der Waals surface area contributed by atoms with Crippen LogP contribution in [0.15, 0.2) is 48.8 Å². The third-order valence-corrected chi connectivity index (χ3v) is 4.51. The molecule has 3 rings (SSSR count). The maximum absolute atomic E-state index is 12.4. The molecule has 0 saturated heterocycles. The van der Waals surface area contributed by atoms with Crippen molar-refractivity contribution >= 4 is 46.4 Å². The molecule has 0 unspecified atom stereocenters. The molecule has 0 atom stereocenters. The Bertz CT molecular complexity index is 958. The van der Waals surface area contributed by atoms with Gasteiger partial charge in [0.2, 0.25) is 5.95 Å². The molecule has 1 amide bonds. The van der Waals surface area contributed by atoms with Crippen LogP contribution in [-0.2, 0) is 0 Å². The molecule has 26 heavy (non-hydrogen) atoms. The number of rotatable bonds is 4. The highest BCUT2D eigenvalue weighted by Crippen LogP contribution is 2.25. The van der Waals surface area contributed by atoms with Crippen LogP contribution in [0.4, 0.5) is 17.3 Å². The number of aromatic nitrogens is 2. The van der Waals surface area contributed by atoms with Crippen molar-refractivity contribution in [2.24, 2.45) is 0 Å². The molecule has 0 saturated carbocycles. The maximum Gasteiger partial charge on any atom is 0.258 e. The Labute approximate surface area is 161 Å². The Morgan fingerprint density at radius 1 is 1.00 bits per heavy atom. The van der Waals surface area contributed by atoms with Crippen LogP contribution in [0.25, 0.3) is 0 Å². The molecule has 2 N–H and O–H groups in total. The minimum atomic E-state index is -0.291. The largest absolute Gasteiger partial charge is 0.324 e. The molecule has 132 valence electrons. The van der Waals surface area contributed by atoms with Crippen LogP contribution >= 0.6 is 23.2 Å². The maximum atomic E-state index is 12.4. The van der Waals surface area contributed by atoms with Gasteiger partial charge in [0.25, 0.3) is 5.91 Å². The summed E-state index contributed by atoms with van der Waals surface area (Å²) in [5.41, 5.74) is 3.63. The zero-order chi connectivity index (χ0) is 18.7. The van der Waals surface area contributed by atoms with E-state index in [0.29, 0.717) is 27.2 Å². The fourth-order valence-corrected chi connectivity index (χ4v) is 2.74. The third kappa shape index (κ3) is 4.12. The molecule has 1 heterocycles. The summed E-state index contributed by atoms with van der Waals surface area (Å²) in [4.78, 5) is 20.8. The zero-order valence-corrected chi connectivity index (χ0v) is 15.7. The number of nitrogens with zero attached hydrogens (tertiary/aromatic N) is 2. The second-order valence-corrected chi connectivity index (χ2v) is 6.59. The van der Waals surface area contributed by atoms with E-state index in [1.54, 1.807) is 18.2 Å². The van der Waals surface area contributed by atoms with Crippen molar-refractivity contribution < 1.29 is 4.79 Å². The summed E-state index contributed by atoms with van der Waals surface area (Å²) < 4.78 is 0. The predicted molar refractivity (Wildman–Crippen MR) is 106 cm³/mol. The Balaban J connectivity index is 1.72. The van der Waals surface area contributed by atoms with Crippen LogP contribution in [0.2, 0.25) is 10.0 Å². The van der Waals surface area contributed by atoms with Gasteiger partial charge in [-0.3, -0.25) is 4.79 Å². The number of benzene rings is 2. The summed E-state index contributed by atoms with van der Waals surface area (Å²) in [6.07, 6.45) is 2.94. The van der Waals surface area contributed by atoms with E-state index < -0.39 is 0 Å². The fraction of sp³-hybridized carbons (Fsp3) is 0.105. The van der Waals surface area contributed by atoms with Gasteiger partial charge in [0.15, 0.2) is 0 Å². The van der Waals surface area contributed by atoms with Crippen LogP contribution in [0.3, 0.4) is 0 Å². The van der Waals surface area contributed by atoms with Crippen LogP contribution in [0, 0.1) is 13.8 Å². The van der Waals surface area contributed by atoms with Crippen molar-refractivity contribution in [3.63, 3.8) is 0 Å². The minimum Gasteiger partial charge on any atom is -0.324 e. The summed E-state index contributed by atoms with van der Waals surface area (Å²) in [5.74, 6) is 0.0931. The second kappa shape index (κ2) is 7.72. The lowest BCUT2D eigenvalue weighted by Crippen LogP contribution is -2.14. The van der Waals surface area contributed by atoms with E-state index >= 15 is 0 Å². The van der Waals surface area contributed by atoms with Gasteiger partial charge in [0.05, 0.1) is 5.56 Å². The Hall–Kier alpha value is -2.63. The lowest BCUT2D eigenvalue weighted by Gasteiger charge is -2.10. The summed E-state index contributed by atoms with van der Waals surface area (Å²) in [7, 11) is 0. The Morgan fingerprint density at radius 2 is 1.73 bits per heavy atom. The Kier molecular flexibility index (Phi) is 5.40. The quantitative estimate of drug-likeness (QED) is 0.629. The van der Waals surface area contributed by atoms with Crippen LogP contribution in [0.5, 0.6) is 0 Å². The smallest absolute Gasteiger partial charge is 0.258 e. The lowest BCUT2D eigenvalue weighted by molar-refractivity contribution is 0.102. The first kappa shape index (κ1) is 18.2. The van der Waals surface area contributed by atoms with Crippen molar-refractivity contribution in [2.45, 2.75) is 13.8 Å². The average molecular weight is 387 g/mol. The van der Waals surface area contributed by atoms with Gasteiger partial charge >= 0.3 is 0 Å². The number of hydrogen-bond donors (Lipinski definition) is 2. The molecule has 0 bridgehead atoms. The van der Waals surface area contributed by atoms with Gasteiger partial charge < -0.3 is 10.6 Å². The van der Waals surface area contributed by atoms with Crippen molar-refractivity contribution in [2.75, 3.05) is 10.6 Å².